The van der Waals surface area contributed by atoms with Gasteiger partial charge in [0.25, 0.3) is 5.91 Å². The number of anilines is 1. The molecule has 0 unspecified atom stereocenters. The number of hydrogen-bond donors (Lipinski definition) is 1. The maximum atomic E-state index is 12.8. The lowest BCUT2D eigenvalue weighted by atomic mass is 10.3. The van der Waals surface area contributed by atoms with Crippen LogP contribution in [-0.4, -0.2) is 30.0 Å². The first kappa shape index (κ1) is 16.3. The quantitative estimate of drug-likeness (QED) is 0.860. The van der Waals surface area contributed by atoms with Gasteiger partial charge in [0.05, 0.1) is 17.0 Å². The summed E-state index contributed by atoms with van der Waals surface area (Å²) in [5, 5.41) is 1.89. The molecule has 116 valence electrons. The van der Waals surface area contributed by atoms with Crippen molar-refractivity contribution in [3.8, 4) is 0 Å². The molecule has 6 nitrogen and oxygen atoms in total. The summed E-state index contributed by atoms with van der Waals surface area (Å²) >= 11 is 5.84. The van der Waals surface area contributed by atoms with Crippen LogP contribution in [0.3, 0.4) is 0 Å². The highest BCUT2D eigenvalue weighted by Crippen LogP contribution is 2.17. The second kappa shape index (κ2) is 6.37. The lowest BCUT2D eigenvalue weighted by Gasteiger charge is -2.07. The number of nitrogens with one attached hydrogen (secondary N) is 1. The van der Waals surface area contributed by atoms with Gasteiger partial charge in [0.2, 0.25) is 15.0 Å². The van der Waals surface area contributed by atoms with Gasteiger partial charge in [0, 0.05) is 5.69 Å². The Balaban J connectivity index is 2.33. The molecule has 22 heavy (non-hydrogen) atoms. The summed E-state index contributed by atoms with van der Waals surface area (Å²) in [6.07, 6.45) is 1.05. The molecule has 0 aliphatic rings. The highest BCUT2D eigenvalue weighted by Gasteiger charge is 2.21. The van der Waals surface area contributed by atoms with E-state index in [9.17, 15) is 17.6 Å². The van der Waals surface area contributed by atoms with Gasteiger partial charge >= 0.3 is 0 Å². The van der Waals surface area contributed by atoms with Crippen LogP contribution >= 0.6 is 11.6 Å². The monoisotopic (exact) mass is 343 g/mol. The number of rotatable bonds is 4. The summed E-state index contributed by atoms with van der Waals surface area (Å²) in [6.45, 7) is 1.44. The molecule has 1 amide bonds. The third kappa shape index (κ3) is 3.58. The number of halogens is 2. The normalized spacial score (nSPS) is 11.2. The first-order valence-electron chi connectivity index (χ1n) is 6.15. The molecule has 1 N–H and O–H groups in total. The van der Waals surface area contributed by atoms with E-state index in [0.717, 1.165) is 6.20 Å². The molecule has 0 bridgehead atoms. The Bertz CT molecular complexity index is 810. The SMILES string of the molecule is CCS(=O)(=O)c1ncc(Cl)c(C(=O)Nc2ccc(F)cc2)n1. The minimum absolute atomic E-state index is 0.0883. The number of carbonyl (C=O) groups is 1. The minimum Gasteiger partial charge on any atom is -0.321 e. The molecule has 0 radical (unpaired) electrons. The van der Waals surface area contributed by atoms with Crippen molar-refractivity contribution >= 4 is 33.0 Å². The van der Waals surface area contributed by atoms with Gasteiger partial charge in [-0.05, 0) is 24.3 Å². The smallest absolute Gasteiger partial charge is 0.275 e. The van der Waals surface area contributed by atoms with Gasteiger partial charge in [-0.25, -0.2) is 22.8 Å². The van der Waals surface area contributed by atoms with Crippen molar-refractivity contribution in [1.82, 2.24) is 9.97 Å². The molecule has 0 saturated heterocycles. The molecule has 9 heteroatoms. The third-order valence-electron chi connectivity index (χ3n) is 2.70. The average molecular weight is 344 g/mol. The van der Waals surface area contributed by atoms with Crippen LogP contribution in [0.5, 0.6) is 0 Å². The Morgan fingerprint density at radius 2 is 1.95 bits per heavy atom. The zero-order chi connectivity index (χ0) is 16.3. The zero-order valence-corrected chi connectivity index (χ0v) is 12.9. The van der Waals surface area contributed by atoms with E-state index >= 15 is 0 Å². The summed E-state index contributed by atoms with van der Waals surface area (Å²) < 4.78 is 36.3. The Kier molecular flexibility index (Phi) is 4.72. The zero-order valence-electron chi connectivity index (χ0n) is 11.4. The number of aromatic nitrogens is 2. The predicted molar refractivity (Wildman–Crippen MR) is 79.1 cm³/mol. The maximum Gasteiger partial charge on any atom is 0.275 e. The van der Waals surface area contributed by atoms with E-state index in [2.05, 4.69) is 15.3 Å². The molecule has 1 aromatic heterocycles. The molecular formula is C13H11ClFN3O3S. The van der Waals surface area contributed by atoms with E-state index < -0.39 is 26.7 Å². The molecular weight excluding hydrogens is 333 g/mol. The standard InChI is InChI=1S/C13H11ClFN3O3S/c1-2-22(20,21)13-16-7-10(14)11(18-13)12(19)17-9-5-3-8(15)4-6-9/h3-7H,2H2,1H3,(H,17,19). The van der Waals surface area contributed by atoms with Crippen LogP contribution in [0.1, 0.15) is 17.4 Å². The highest BCUT2D eigenvalue weighted by atomic mass is 35.5. The van der Waals surface area contributed by atoms with Crippen LogP contribution in [-0.2, 0) is 9.84 Å². The molecule has 0 saturated carbocycles. The lowest BCUT2D eigenvalue weighted by molar-refractivity contribution is 0.102. The van der Waals surface area contributed by atoms with Crippen LogP contribution in [0.25, 0.3) is 0 Å². The Morgan fingerprint density at radius 3 is 2.55 bits per heavy atom. The summed E-state index contributed by atoms with van der Waals surface area (Å²) in [6, 6.07) is 5.05. The summed E-state index contributed by atoms with van der Waals surface area (Å²) in [5.74, 6) is -1.37. The molecule has 2 rings (SSSR count). The minimum atomic E-state index is -3.66. The van der Waals surface area contributed by atoms with Crippen molar-refractivity contribution in [3.05, 3.63) is 47.0 Å². The number of nitrogens with zero attached hydrogens (tertiary/aromatic N) is 2. The van der Waals surface area contributed by atoms with Gasteiger partial charge in [-0.3, -0.25) is 4.79 Å². The van der Waals surface area contributed by atoms with Gasteiger partial charge in [-0.15, -0.1) is 0 Å². The molecule has 1 heterocycles. The molecule has 0 aliphatic heterocycles. The Morgan fingerprint density at radius 1 is 1.32 bits per heavy atom. The van der Waals surface area contributed by atoms with Gasteiger partial charge < -0.3 is 5.32 Å². The van der Waals surface area contributed by atoms with E-state index in [-0.39, 0.29) is 16.5 Å². The average Bonchev–Trinajstić information content (AvgIpc) is 2.49. The maximum absolute atomic E-state index is 12.8. The van der Waals surface area contributed by atoms with E-state index in [1.165, 1.54) is 31.2 Å². The molecule has 2 aromatic rings. The molecule has 0 fully saturated rings. The first-order valence-corrected chi connectivity index (χ1v) is 8.18. The molecule has 1 aromatic carbocycles. The third-order valence-corrected chi connectivity index (χ3v) is 4.49. The fourth-order valence-corrected chi connectivity index (χ4v) is 2.39. The molecule has 0 aliphatic carbocycles. The first-order chi connectivity index (χ1) is 10.3. The van der Waals surface area contributed by atoms with Crippen LogP contribution in [0.2, 0.25) is 5.02 Å². The van der Waals surface area contributed by atoms with Crippen molar-refractivity contribution in [2.24, 2.45) is 0 Å². The summed E-state index contributed by atoms with van der Waals surface area (Å²) in [4.78, 5) is 19.4. The van der Waals surface area contributed by atoms with Crippen molar-refractivity contribution in [2.75, 3.05) is 11.1 Å². The number of sulfone groups is 1. The Hall–Kier alpha value is -2.06. The second-order valence-electron chi connectivity index (χ2n) is 4.21. The fraction of sp³-hybridized carbons (Fsp3) is 0.154. The van der Waals surface area contributed by atoms with Gasteiger partial charge in [0.1, 0.15) is 5.82 Å². The van der Waals surface area contributed by atoms with Gasteiger partial charge in [-0.2, -0.15) is 0 Å². The van der Waals surface area contributed by atoms with E-state index in [1.54, 1.807) is 0 Å². The van der Waals surface area contributed by atoms with Crippen molar-refractivity contribution in [1.29, 1.82) is 0 Å². The van der Waals surface area contributed by atoms with Gasteiger partial charge in [-0.1, -0.05) is 18.5 Å². The topological polar surface area (TPSA) is 89.0 Å². The fourth-order valence-electron chi connectivity index (χ4n) is 1.51. The van der Waals surface area contributed by atoms with Crippen molar-refractivity contribution in [2.45, 2.75) is 12.1 Å². The van der Waals surface area contributed by atoms with Crippen LogP contribution in [0.15, 0.2) is 35.6 Å². The largest absolute Gasteiger partial charge is 0.321 e. The number of amides is 1. The summed E-state index contributed by atoms with van der Waals surface area (Å²) in [5.41, 5.74) is 0.0500. The van der Waals surface area contributed by atoms with Crippen LogP contribution in [0, 0.1) is 5.82 Å². The Labute approximate surface area is 131 Å². The second-order valence-corrected chi connectivity index (χ2v) is 6.79. The summed E-state index contributed by atoms with van der Waals surface area (Å²) in [7, 11) is -3.66. The van der Waals surface area contributed by atoms with Crippen molar-refractivity contribution < 1.29 is 17.6 Å². The van der Waals surface area contributed by atoms with E-state index in [0.29, 0.717) is 5.69 Å². The van der Waals surface area contributed by atoms with Crippen LogP contribution < -0.4 is 5.32 Å². The number of carbonyl (C=O) groups excluding carboxylic acids is 1. The van der Waals surface area contributed by atoms with E-state index in [1.807, 2.05) is 0 Å². The molecule has 0 spiro atoms. The molecule has 0 atom stereocenters. The van der Waals surface area contributed by atoms with Gasteiger partial charge in [0.15, 0.2) is 5.69 Å². The predicted octanol–water partition coefficient (Wildman–Crippen LogP) is 2.32. The van der Waals surface area contributed by atoms with Crippen molar-refractivity contribution in [3.63, 3.8) is 0 Å². The number of benzene rings is 1. The number of hydrogen-bond acceptors (Lipinski definition) is 5. The highest BCUT2D eigenvalue weighted by molar-refractivity contribution is 7.91. The van der Waals surface area contributed by atoms with Crippen LogP contribution in [0.4, 0.5) is 10.1 Å². The van der Waals surface area contributed by atoms with E-state index in [4.69, 9.17) is 11.6 Å². The lowest BCUT2D eigenvalue weighted by Crippen LogP contribution is -2.18.